The fourth-order valence-corrected chi connectivity index (χ4v) is 5.24. The summed E-state index contributed by atoms with van der Waals surface area (Å²) in [6.07, 6.45) is 3.15. The van der Waals surface area contributed by atoms with E-state index < -0.39 is 12.1 Å². The SMILES string of the molecule is CN(CCCCC(=O)O)C(=O)[C@@H]1CCC[C@@H]1NC(=O)OCC1c2ccccc2-c2ccccc21. The topological polar surface area (TPSA) is 95.9 Å². The first kappa shape index (κ1) is 23.8. The summed E-state index contributed by atoms with van der Waals surface area (Å²) in [6, 6.07) is 16.2. The zero-order valence-electron chi connectivity index (χ0n) is 19.5. The van der Waals surface area contributed by atoms with Gasteiger partial charge < -0.3 is 20.1 Å². The number of carbonyl (C=O) groups excluding carboxylic acids is 2. The van der Waals surface area contributed by atoms with Crippen LogP contribution in [0.15, 0.2) is 48.5 Å². The Balaban J connectivity index is 1.31. The van der Waals surface area contributed by atoms with Crippen LogP contribution in [0.5, 0.6) is 0 Å². The summed E-state index contributed by atoms with van der Waals surface area (Å²) < 4.78 is 5.66. The molecule has 4 rings (SSSR count). The van der Waals surface area contributed by atoms with Gasteiger partial charge in [-0.15, -0.1) is 0 Å². The highest BCUT2D eigenvalue weighted by Gasteiger charge is 2.36. The van der Waals surface area contributed by atoms with E-state index in [1.807, 2.05) is 24.3 Å². The summed E-state index contributed by atoms with van der Waals surface area (Å²) in [5.74, 6) is -1.10. The lowest BCUT2D eigenvalue weighted by molar-refractivity contribution is -0.137. The largest absolute Gasteiger partial charge is 0.481 e. The van der Waals surface area contributed by atoms with Gasteiger partial charge in [-0.1, -0.05) is 55.0 Å². The average molecular weight is 465 g/mol. The lowest BCUT2D eigenvalue weighted by Gasteiger charge is -2.26. The highest BCUT2D eigenvalue weighted by molar-refractivity contribution is 5.81. The quantitative estimate of drug-likeness (QED) is 0.536. The predicted molar refractivity (Wildman–Crippen MR) is 128 cm³/mol. The number of hydrogen-bond acceptors (Lipinski definition) is 4. The molecule has 2 aromatic rings. The molecule has 0 unspecified atom stereocenters. The minimum Gasteiger partial charge on any atom is -0.481 e. The molecule has 2 aromatic carbocycles. The van der Waals surface area contributed by atoms with Gasteiger partial charge in [-0.2, -0.15) is 0 Å². The molecule has 180 valence electrons. The van der Waals surface area contributed by atoms with Crippen molar-refractivity contribution in [2.45, 2.75) is 50.5 Å². The van der Waals surface area contributed by atoms with E-state index in [1.54, 1.807) is 11.9 Å². The molecule has 1 saturated carbocycles. The van der Waals surface area contributed by atoms with Gasteiger partial charge in [0, 0.05) is 32.0 Å². The molecule has 0 saturated heterocycles. The molecule has 2 amide bonds. The Labute approximate surface area is 200 Å². The number of nitrogens with one attached hydrogen (secondary N) is 1. The third kappa shape index (κ3) is 5.24. The van der Waals surface area contributed by atoms with Gasteiger partial charge in [0.15, 0.2) is 0 Å². The molecule has 0 spiro atoms. The van der Waals surface area contributed by atoms with E-state index in [0.29, 0.717) is 19.4 Å². The van der Waals surface area contributed by atoms with Crippen LogP contribution in [0.25, 0.3) is 11.1 Å². The van der Waals surface area contributed by atoms with E-state index in [9.17, 15) is 14.4 Å². The molecule has 7 heteroatoms. The number of amides is 2. The van der Waals surface area contributed by atoms with Crippen LogP contribution in [0, 0.1) is 5.92 Å². The van der Waals surface area contributed by atoms with Crippen LogP contribution < -0.4 is 5.32 Å². The number of fused-ring (bicyclic) bond motifs is 3. The van der Waals surface area contributed by atoms with Gasteiger partial charge in [-0.05, 0) is 47.9 Å². The maximum absolute atomic E-state index is 12.9. The predicted octanol–water partition coefficient (Wildman–Crippen LogP) is 4.41. The number of benzene rings is 2. The molecule has 0 radical (unpaired) electrons. The van der Waals surface area contributed by atoms with Gasteiger partial charge in [0.2, 0.25) is 5.91 Å². The van der Waals surface area contributed by atoms with Gasteiger partial charge in [-0.25, -0.2) is 4.79 Å². The van der Waals surface area contributed by atoms with Crippen molar-refractivity contribution in [3.05, 3.63) is 59.7 Å². The highest BCUT2D eigenvalue weighted by Crippen LogP contribution is 2.44. The summed E-state index contributed by atoms with van der Waals surface area (Å²) in [7, 11) is 1.74. The molecule has 2 atom stereocenters. The summed E-state index contributed by atoms with van der Waals surface area (Å²) in [5.41, 5.74) is 4.68. The van der Waals surface area contributed by atoms with Crippen LogP contribution in [-0.2, 0) is 14.3 Å². The van der Waals surface area contributed by atoms with Crippen LogP contribution in [0.4, 0.5) is 4.79 Å². The summed E-state index contributed by atoms with van der Waals surface area (Å²) >= 11 is 0. The number of aliphatic carboxylic acids is 1. The number of hydrogen-bond donors (Lipinski definition) is 2. The monoisotopic (exact) mass is 464 g/mol. The number of nitrogens with zero attached hydrogens (tertiary/aromatic N) is 1. The van der Waals surface area contributed by atoms with Crippen LogP contribution in [0.2, 0.25) is 0 Å². The summed E-state index contributed by atoms with van der Waals surface area (Å²) in [4.78, 5) is 37.9. The van der Waals surface area contributed by atoms with E-state index in [1.165, 1.54) is 11.1 Å². The van der Waals surface area contributed by atoms with Crippen molar-refractivity contribution in [2.24, 2.45) is 5.92 Å². The summed E-state index contributed by atoms with van der Waals surface area (Å²) in [6.45, 7) is 0.759. The second-order valence-corrected chi connectivity index (χ2v) is 9.22. The zero-order valence-corrected chi connectivity index (χ0v) is 19.5. The number of carboxylic acid groups (broad SMARTS) is 1. The molecule has 7 nitrogen and oxygen atoms in total. The second kappa shape index (κ2) is 10.7. The average Bonchev–Trinajstić information content (AvgIpc) is 3.42. The third-order valence-electron chi connectivity index (χ3n) is 6.99. The smallest absolute Gasteiger partial charge is 0.407 e. The normalized spacial score (nSPS) is 18.7. The number of rotatable bonds is 9. The zero-order chi connectivity index (χ0) is 24.1. The third-order valence-corrected chi connectivity index (χ3v) is 6.99. The molecular weight excluding hydrogens is 432 g/mol. The molecule has 2 aliphatic carbocycles. The first-order valence-corrected chi connectivity index (χ1v) is 12.0. The number of alkyl carbamates (subject to hydrolysis) is 1. The molecule has 0 bridgehead atoms. The van der Waals surface area contributed by atoms with Crippen molar-refractivity contribution in [2.75, 3.05) is 20.2 Å². The van der Waals surface area contributed by atoms with E-state index in [4.69, 9.17) is 9.84 Å². The maximum atomic E-state index is 12.9. The van der Waals surface area contributed by atoms with Gasteiger partial charge in [0.25, 0.3) is 0 Å². The van der Waals surface area contributed by atoms with Crippen molar-refractivity contribution in [1.29, 1.82) is 0 Å². The minimum absolute atomic E-state index is 0.00299. The first-order chi connectivity index (χ1) is 16.5. The van der Waals surface area contributed by atoms with E-state index in [0.717, 1.165) is 30.4 Å². The van der Waals surface area contributed by atoms with Gasteiger partial charge in [0.1, 0.15) is 6.61 Å². The highest BCUT2D eigenvalue weighted by atomic mass is 16.5. The van der Waals surface area contributed by atoms with Crippen molar-refractivity contribution in [3.8, 4) is 11.1 Å². The standard InChI is InChI=1S/C27H32N2O5/c1-29(16-7-6-15-25(30)31)26(32)22-13-8-14-24(22)28-27(33)34-17-23-20-11-4-2-9-18(20)19-10-3-5-12-21(19)23/h2-5,9-12,22-24H,6-8,13-17H2,1H3,(H,28,33)(H,30,31)/t22-,24+/m1/s1. The Bertz CT molecular complexity index is 1010. The Hall–Kier alpha value is -3.35. The molecule has 1 fully saturated rings. The van der Waals surface area contributed by atoms with Crippen molar-refractivity contribution in [3.63, 3.8) is 0 Å². The van der Waals surface area contributed by atoms with Crippen molar-refractivity contribution >= 4 is 18.0 Å². The van der Waals surface area contributed by atoms with E-state index in [-0.39, 0.29) is 36.8 Å². The van der Waals surface area contributed by atoms with Gasteiger partial charge in [-0.3, -0.25) is 9.59 Å². The fraction of sp³-hybridized carbons (Fsp3) is 0.444. The van der Waals surface area contributed by atoms with E-state index in [2.05, 4.69) is 29.6 Å². The molecule has 2 aliphatic rings. The molecule has 0 heterocycles. The Kier molecular flexibility index (Phi) is 7.50. The molecule has 0 aliphatic heterocycles. The van der Waals surface area contributed by atoms with E-state index >= 15 is 0 Å². The number of carbonyl (C=O) groups is 3. The van der Waals surface area contributed by atoms with Crippen LogP contribution >= 0.6 is 0 Å². The van der Waals surface area contributed by atoms with Crippen LogP contribution in [0.3, 0.4) is 0 Å². The van der Waals surface area contributed by atoms with Gasteiger partial charge >= 0.3 is 12.1 Å². The number of carboxylic acids is 1. The Morgan fingerprint density at radius 3 is 2.29 bits per heavy atom. The molecule has 2 N–H and O–H groups in total. The minimum atomic E-state index is -0.822. The fourth-order valence-electron chi connectivity index (χ4n) is 5.24. The number of unbranched alkanes of at least 4 members (excludes halogenated alkanes) is 1. The molecular formula is C27H32N2O5. The Morgan fingerprint density at radius 1 is 1.00 bits per heavy atom. The van der Waals surface area contributed by atoms with Crippen molar-refractivity contribution < 1.29 is 24.2 Å². The van der Waals surface area contributed by atoms with Crippen molar-refractivity contribution in [1.82, 2.24) is 10.2 Å². The maximum Gasteiger partial charge on any atom is 0.407 e. The first-order valence-electron chi connectivity index (χ1n) is 12.0. The van der Waals surface area contributed by atoms with Crippen LogP contribution in [-0.4, -0.2) is 54.2 Å². The lowest BCUT2D eigenvalue weighted by atomic mass is 9.98. The lowest BCUT2D eigenvalue weighted by Crippen LogP contribution is -2.45. The molecule has 0 aromatic heterocycles. The molecule has 34 heavy (non-hydrogen) atoms. The summed E-state index contributed by atoms with van der Waals surface area (Å²) in [5, 5.41) is 11.7. The second-order valence-electron chi connectivity index (χ2n) is 9.22. The Morgan fingerprint density at radius 2 is 1.65 bits per heavy atom. The van der Waals surface area contributed by atoms with Crippen LogP contribution in [0.1, 0.15) is 55.6 Å². The van der Waals surface area contributed by atoms with Gasteiger partial charge in [0.05, 0.1) is 5.92 Å². The number of ether oxygens (including phenoxy) is 1.